The molecule has 0 spiro atoms. The van der Waals surface area contributed by atoms with Crippen molar-refractivity contribution in [1.82, 2.24) is 19.7 Å². The van der Waals surface area contributed by atoms with E-state index in [0.29, 0.717) is 17.9 Å². The Hall–Kier alpha value is -3.64. The van der Waals surface area contributed by atoms with Crippen molar-refractivity contribution in [1.29, 1.82) is 5.26 Å². The van der Waals surface area contributed by atoms with Crippen LogP contribution >= 0.6 is 0 Å². The van der Waals surface area contributed by atoms with Gasteiger partial charge in [0, 0.05) is 17.6 Å². The van der Waals surface area contributed by atoms with Crippen molar-refractivity contribution in [3.8, 4) is 23.1 Å². The van der Waals surface area contributed by atoms with E-state index in [4.69, 9.17) is 14.0 Å². The molecule has 1 aliphatic heterocycles. The third-order valence-corrected chi connectivity index (χ3v) is 5.80. The van der Waals surface area contributed by atoms with Crippen molar-refractivity contribution in [3.05, 3.63) is 35.4 Å². The highest BCUT2D eigenvalue weighted by Gasteiger charge is 2.22. The van der Waals surface area contributed by atoms with Crippen LogP contribution in [0.25, 0.3) is 33.1 Å². The molecule has 9 heteroatoms. The van der Waals surface area contributed by atoms with Crippen LogP contribution in [-0.4, -0.2) is 39.5 Å². The first-order chi connectivity index (χ1) is 15.1. The molecule has 1 aliphatic rings. The van der Waals surface area contributed by atoms with Gasteiger partial charge in [0.25, 0.3) is 0 Å². The number of imidazole rings is 1. The van der Waals surface area contributed by atoms with E-state index in [0.717, 1.165) is 64.0 Å². The van der Waals surface area contributed by atoms with Crippen molar-refractivity contribution in [2.45, 2.75) is 39.3 Å². The minimum Gasteiger partial charge on any atom is -0.496 e. The largest absolute Gasteiger partial charge is 0.496 e. The number of nitrogens with zero attached hydrogens (tertiary/aromatic N) is 5. The van der Waals surface area contributed by atoms with E-state index in [2.05, 4.69) is 20.1 Å². The third kappa shape index (κ3) is 3.16. The lowest BCUT2D eigenvalue weighted by atomic mass is 10.0. The lowest BCUT2D eigenvalue weighted by Gasteiger charge is -2.14. The first kappa shape index (κ1) is 19.3. The van der Waals surface area contributed by atoms with Crippen molar-refractivity contribution < 1.29 is 14.0 Å². The van der Waals surface area contributed by atoms with E-state index in [1.807, 2.05) is 36.7 Å². The van der Waals surface area contributed by atoms with Crippen LogP contribution in [0.1, 0.15) is 24.3 Å². The molecule has 0 aliphatic carbocycles. The minimum atomic E-state index is 0.0864. The molecular formula is C22H22N6O3. The molecule has 0 bridgehead atoms. The van der Waals surface area contributed by atoms with Crippen LogP contribution in [0.3, 0.4) is 0 Å². The maximum atomic E-state index is 9.19. The molecule has 1 saturated heterocycles. The molecule has 0 unspecified atom stereocenters. The summed E-state index contributed by atoms with van der Waals surface area (Å²) >= 11 is 0. The molecule has 31 heavy (non-hydrogen) atoms. The number of methoxy groups -OCH3 is 1. The molecule has 0 saturated carbocycles. The number of aryl methyl sites for hydroxylation is 2. The molecule has 1 N–H and O–H groups in total. The zero-order chi connectivity index (χ0) is 21.5. The van der Waals surface area contributed by atoms with E-state index in [9.17, 15) is 5.26 Å². The van der Waals surface area contributed by atoms with E-state index in [1.165, 1.54) is 0 Å². The summed E-state index contributed by atoms with van der Waals surface area (Å²) in [4.78, 5) is 11.9. The second-order valence-corrected chi connectivity index (χ2v) is 7.70. The fraction of sp³-hybridized carbons (Fsp3) is 0.364. The molecule has 1 fully saturated rings. The van der Waals surface area contributed by atoms with E-state index in [-0.39, 0.29) is 6.10 Å². The molecular weight excluding hydrogens is 396 g/mol. The van der Waals surface area contributed by atoms with Crippen LogP contribution in [0.15, 0.2) is 27.8 Å². The number of nitrogens with one attached hydrogen (secondary N) is 1. The summed E-state index contributed by atoms with van der Waals surface area (Å²) in [6.45, 7) is 5.15. The number of H-pyrrole nitrogens is 1. The fourth-order valence-electron chi connectivity index (χ4n) is 4.42. The van der Waals surface area contributed by atoms with Crippen molar-refractivity contribution in [2.24, 2.45) is 4.99 Å². The summed E-state index contributed by atoms with van der Waals surface area (Å²) in [5.74, 6) is 1.42. The number of fused-ring (bicyclic) bond motifs is 3. The highest BCUT2D eigenvalue weighted by molar-refractivity contribution is 6.04. The van der Waals surface area contributed by atoms with Gasteiger partial charge in [-0.15, -0.1) is 4.99 Å². The Kier molecular flexibility index (Phi) is 4.71. The van der Waals surface area contributed by atoms with Gasteiger partial charge >= 0.3 is 0 Å². The van der Waals surface area contributed by atoms with Gasteiger partial charge in [-0.25, -0.2) is 0 Å². The van der Waals surface area contributed by atoms with Gasteiger partial charge in [-0.2, -0.15) is 5.26 Å². The predicted molar refractivity (Wildman–Crippen MR) is 113 cm³/mol. The molecule has 1 aromatic carbocycles. The topological polar surface area (TPSA) is 114 Å². The number of ether oxygens (including phenoxy) is 2. The third-order valence-electron chi connectivity index (χ3n) is 5.80. The molecule has 4 aromatic rings. The number of pyridine rings is 1. The average molecular weight is 418 g/mol. The summed E-state index contributed by atoms with van der Waals surface area (Å²) in [5, 5.41) is 14.2. The van der Waals surface area contributed by atoms with Crippen molar-refractivity contribution >= 4 is 21.9 Å². The van der Waals surface area contributed by atoms with Crippen LogP contribution in [-0.2, 0) is 11.3 Å². The van der Waals surface area contributed by atoms with Crippen LogP contribution in [0.4, 0.5) is 0 Å². The Labute approximate surface area is 177 Å². The van der Waals surface area contributed by atoms with E-state index >= 15 is 0 Å². The normalized spacial score (nSPS) is 17.0. The molecule has 9 nitrogen and oxygen atoms in total. The van der Waals surface area contributed by atoms with E-state index in [1.54, 1.807) is 13.3 Å². The Bertz CT molecular complexity index is 1380. The Morgan fingerprint density at radius 3 is 2.94 bits per heavy atom. The summed E-state index contributed by atoms with van der Waals surface area (Å²) < 4.78 is 19.0. The maximum Gasteiger partial charge on any atom is 0.219 e. The smallest absolute Gasteiger partial charge is 0.219 e. The predicted octanol–water partition coefficient (Wildman–Crippen LogP) is 3.36. The highest BCUT2D eigenvalue weighted by Crippen LogP contribution is 2.38. The summed E-state index contributed by atoms with van der Waals surface area (Å²) in [7, 11) is 1.64. The van der Waals surface area contributed by atoms with Gasteiger partial charge in [0.15, 0.2) is 0 Å². The Morgan fingerprint density at radius 2 is 2.26 bits per heavy atom. The standard InChI is InChI=1S/C22H22N6O3/c1-12-20(13(2)31-27-12)16-7-17-15(8-19(16)29-3)21-18(9-24-17)26-22(25-11-23)28(21)10-14-5-4-6-30-14/h7-9,14H,4-6,10H2,1-3H3,(H,25,26)/t14-/m0/s1. The summed E-state index contributed by atoms with van der Waals surface area (Å²) in [6, 6.07) is 3.96. The molecule has 158 valence electrons. The summed E-state index contributed by atoms with van der Waals surface area (Å²) in [5.41, 5.74) is 5.57. The van der Waals surface area contributed by atoms with Crippen LogP contribution < -0.4 is 10.4 Å². The van der Waals surface area contributed by atoms with Gasteiger partial charge in [0.05, 0.1) is 53.8 Å². The second-order valence-electron chi connectivity index (χ2n) is 7.70. The lowest BCUT2D eigenvalue weighted by molar-refractivity contribution is 0.0970. The Morgan fingerprint density at radius 1 is 1.39 bits per heavy atom. The van der Waals surface area contributed by atoms with Crippen LogP contribution in [0.5, 0.6) is 5.75 Å². The van der Waals surface area contributed by atoms with Gasteiger partial charge in [-0.1, -0.05) is 5.16 Å². The van der Waals surface area contributed by atoms with Gasteiger partial charge in [-0.05, 0) is 38.8 Å². The van der Waals surface area contributed by atoms with Gasteiger partial charge in [0.1, 0.15) is 11.5 Å². The van der Waals surface area contributed by atoms with Crippen molar-refractivity contribution in [3.63, 3.8) is 0 Å². The SMILES string of the molecule is COc1cc2c(cc1-c1c(C)noc1C)ncc1[nH]c(=NC#N)n(C[C@@H]3CCCO3)c12. The number of hydrogen-bond acceptors (Lipinski definition) is 7. The molecule has 3 aromatic heterocycles. The maximum absolute atomic E-state index is 9.19. The van der Waals surface area contributed by atoms with Gasteiger partial charge in [0.2, 0.25) is 11.8 Å². The molecule has 4 heterocycles. The minimum absolute atomic E-state index is 0.0864. The lowest BCUT2D eigenvalue weighted by Crippen LogP contribution is -2.25. The summed E-state index contributed by atoms with van der Waals surface area (Å²) in [6.07, 6.45) is 5.76. The number of aromatic amines is 1. The molecule has 5 rings (SSSR count). The molecule has 0 amide bonds. The quantitative estimate of drug-likeness (QED) is 0.508. The first-order valence-corrected chi connectivity index (χ1v) is 10.2. The van der Waals surface area contributed by atoms with Crippen LogP contribution in [0.2, 0.25) is 0 Å². The first-order valence-electron chi connectivity index (χ1n) is 10.2. The number of aromatic nitrogens is 4. The highest BCUT2D eigenvalue weighted by atomic mass is 16.5. The zero-order valence-electron chi connectivity index (χ0n) is 17.6. The van der Waals surface area contributed by atoms with Gasteiger partial charge in [-0.3, -0.25) is 4.98 Å². The fourth-order valence-corrected chi connectivity index (χ4v) is 4.42. The van der Waals surface area contributed by atoms with Crippen LogP contribution in [0, 0.1) is 25.3 Å². The second kappa shape index (κ2) is 7.56. The number of nitriles is 1. The number of benzene rings is 1. The zero-order valence-corrected chi connectivity index (χ0v) is 17.6. The average Bonchev–Trinajstić information content (AvgIpc) is 3.48. The molecule has 0 radical (unpaired) electrons. The molecule has 1 atom stereocenters. The van der Waals surface area contributed by atoms with Crippen molar-refractivity contribution in [2.75, 3.05) is 13.7 Å². The monoisotopic (exact) mass is 418 g/mol. The Balaban J connectivity index is 1.80. The number of hydrogen-bond donors (Lipinski definition) is 1. The van der Waals surface area contributed by atoms with Gasteiger partial charge < -0.3 is 23.5 Å². The van der Waals surface area contributed by atoms with E-state index < -0.39 is 0 Å². The number of rotatable bonds is 4.